The van der Waals surface area contributed by atoms with Crippen LogP contribution in [-0.2, 0) is 0 Å². The summed E-state index contributed by atoms with van der Waals surface area (Å²) in [5.74, 6) is 0.657. The fraction of sp³-hybridized carbons (Fsp3) is 0.500. The van der Waals surface area contributed by atoms with Gasteiger partial charge in [0.15, 0.2) is 0 Å². The third kappa shape index (κ3) is 4.08. The Kier molecular flexibility index (Phi) is 5.51. The predicted octanol–water partition coefficient (Wildman–Crippen LogP) is 2.37. The summed E-state index contributed by atoms with van der Waals surface area (Å²) < 4.78 is 0. The van der Waals surface area contributed by atoms with Gasteiger partial charge < -0.3 is 10.6 Å². The molecule has 3 nitrogen and oxygen atoms in total. The van der Waals surface area contributed by atoms with E-state index in [9.17, 15) is 0 Å². The molecule has 0 aromatic heterocycles. The zero-order valence-electron chi connectivity index (χ0n) is 10.7. The Morgan fingerprint density at radius 2 is 2.00 bits per heavy atom. The molecule has 1 aromatic rings. The largest absolute Gasteiger partial charge is 0.369 e. The van der Waals surface area contributed by atoms with Gasteiger partial charge in [0.1, 0.15) is 6.07 Å². The summed E-state index contributed by atoms with van der Waals surface area (Å²) in [6.45, 7) is 6.77. The van der Waals surface area contributed by atoms with Gasteiger partial charge in [0.05, 0.1) is 11.3 Å². The van der Waals surface area contributed by atoms with Crippen molar-refractivity contribution in [3.63, 3.8) is 0 Å². The third-order valence-electron chi connectivity index (χ3n) is 2.74. The Hall–Kier alpha value is -1.53. The number of nitriles is 1. The van der Waals surface area contributed by atoms with Gasteiger partial charge in [-0.05, 0) is 24.5 Å². The molecule has 0 aliphatic heterocycles. The molecular weight excluding hydrogens is 210 g/mol. The third-order valence-corrected chi connectivity index (χ3v) is 2.74. The molecule has 0 saturated heterocycles. The van der Waals surface area contributed by atoms with Gasteiger partial charge in [0, 0.05) is 19.6 Å². The molecule has 0 radical (unpaired) electrons. The Morgan fingerprint density at radius 3 is 2.59 bits per heavy atom. The van der Waals surface area contributed by atoms with Crippen LogP contribution in [0.5, 0.6) is 0 Å². The van der Waals surface area contributed by atoms with Gasteiger partial charge >= 0.3 is 0 Å². The van der Waals surface area contributed by atoms with Gasteiger partial charge in [0.25, 0.3) is 0 Å². The van der Waals surface area contributed by atoms with E-state index in [1.165, 1.54) is 0 Å². The first kappa shape index (κ1) is 13.5. The van der Waals surface area contributed by atoms with E-state index in [-0.39, 0.29) is 0 Å². The number of anilines is 1. The molecule has 0 amide bonds. The Balaban J connectivity index is 2.85. The first-order valence-corrected chi connectivity index (χ1v) is 6.13. The second-order valence-electron chi connectivity index (χ2n) is 4.59. The summed E-state index contributed by atoms with van der Waals surface area (Å²) in [4.78, 5) is 2.21. The lowest BCUT2D eigenvalue weighted by atomic mass is 10.1. The quantitative estimate of drug-likeness (QED) is 0.817. The highest BCUT2D eigenvalue weighted by atomic mass is 15.1. The van der Waals surface area contributed by atoms with Crippen LogP contribution in [0, 0.1) is 17.2 Å². The monoisotopic (exact) mass is 231 g/mol. The lowest BCUT2D eigenvalue weighted by molar-refractivity contribution is 0.573. The number of hydrogen-bond donors (Lipinski definition) is 1. The maximum Gasteiger partial charge on any atom is 0.101 e. The van der Waals surface area contributed by atoms with Gasteiger partial charge in [0.2, 0.25) is 0 Å². The molecule has 0 fully saturated rings. The highest BCUT2D eigenvalue weighted by Crippen LogP contribution is 2.20. The Labute approximate surface area is 104 Å². The van der Waals surface area contributed by atoms with E-state index in [0.717, 1.165) is 30.8 Å². The minimum Gasteiger partial charge on any atom is -0.369 e. The van der Waals surface area contributed by atoms with Crippen LogP contribution >= 0.6 is 0 Å². The summed E-state index contributed by atoms with van der Waals surface area (Å²) in [7, 11) is 0. The molecule has 0 unspecified atom stereocenters. The fourth-order valence-corrected chi connectivity index (χ4v) is 1.77. The van der Waals surface area contributed by atoms with Gasteiger partial charge in [-0.2, -0.15) is 5.26 Å². The first-order chi connectivity index (χ1) is 8.19. The van der Waals surface area contributed by atoms with Crippen LogP contribution in [0.2, 0.25) is 0 Å². The second-order valence-corrected chi connectivity index (χ2v) is 4.59. The van der Waals surface area contributed by atoms with E-state index < -0.39 is 0 Å². The second kappa shape index (κ2) is 6.93. The van der Waals surface area contributed by atoms with Crippen LogP contribution in [-0.4, -0.2) is 19.6 Å². The molecule has 2 N–H and O–H groups in total. The van der Waals surface area contributed by atoms with Crippen LogP contribution < -0.4 is 10.6 Å². The molecule has 0 bridgehead atoms. The molecule has 0 spiro atoms. The van der Waals surface area contributed by atoms with Gasteiger partial charge in [-0.3, -0.25) is 0 Å². The van der Waals surface area contributed by atoms with Crippen molar-refractivity contribution in [1.82, 2.24) is 0 Å². The zero-order chi connectivity index (χ0) is 12.7. The highest BCUT2D eigenvalue weighted by molar-refractivity contribution is 5.59. The maximum atomic E-state index is 9.11. The van der Waals surface area contributed by atoms with Crippen LogP contribution in [0.3, 0.4) is 0 Å². The summed E-state index contributed by atoms with van der Waals surface area (Å²) in [6, 6.07) is 9.95. The molecule has 0 atom stereocenters. The van der Waals surface area contributed by atoms with Crippen molar-refractivity contribution in [2.45, 2.75) is 20.3 Å². The van der Waals surface area contributed by atoms with E-state index in [2.05, 4.69) is 24.8 Å². The van der Waals surface area contributed by atoms with Crippen molar-refractivity contribution in [2.24, 2.45) is 11.7 Å². The summed E-state index contributed by atoms with van der Waals surface area (Å²) in [6.07, 6.45) is 1.11. The van der Waals surface area contributed by atoms with Gasteiger partial charge in [-0.15, -0.1) is 0 Å². The molecule has 0 saturated carbocycles. The molecule has 17 heavy (non-hydrogen) atoms. The number of hydrogen-bond acceptors (Lipinski definition) is 3. The minimum atomic E-state index is 0.609. The normalized spacial score (nSPS) is 10.3. The number of nitrogens with zero attached hydrogens (tertiary/aromatic N) is 2. The number of nitrogens with two attached hydrogens (primary N) is 1. The van der Waals surface area contributed by atoms with E-state index in [4.69, 9.17) is 11.0 Å². The molecule has 3 heteroatoms. The number of rotatable bonds is 6. The van der Waals surface area contributed by atoms with E-state index in [1.54, 1.807) is 0 Å². The SMILES string of the molecule is CC(C)CCN(CCN)c1ccccc1C#N. The van der Waals surface area contributed by atoms with Crippen molar-refractivity contribution in [1.29, 1.82) is 5.26 Å². The first-order valence-electron chi connectivity index (χ1n) is 6.13. The van der Waals surface area contributed by atoms with Crippen molar-refractivity contribution in [2.75, 3.05) is 24.5 Å². The zero-order valence-corrected chi connectivity index (χ0v) is 10.7. The number of benzene rings is 1. The van der Waals surface area contributed by atoms with Crippen molar-refractivity contribution < 1.29 is 0 Å². The van der Waals surface area contributed by atoms with Crippen LogP contribution in [0.1, 0.15) is 25.8 Å². The van der Waals surface area contributed by atoms with E-state index in [0.29, 0.717) is 12.5 Å². The van der Waals surface area contributed by atoms with Crippen LogP contribution in [0.4, 0.5) is 5.69 Å². The van der Waals surface area contributed by atoms with E-state index >= 15 is 0 Å². The predicted molar refractivity (Wildman–Crippen MR) is 71.9 cm³/mol. The van der Waals surface area contributed by atoms with Crippen molar-refractivity contribution in [3.05, 3.63) is 29.8 Å². The smallest absolute Gasteiger partial charge is 0.101 e. The molecular formula is C14H21N3. The minimum absolute atomic E-state index is 0.609. The topological polar surface area (TPSA) is 53.0 Å². The van der Waals surface area contributed by atoms with Crippen molar-refractivity contribution >= 4 is 5.69 Å². The molecule has 1 rings (SSSR count). The lowest BCUT2D eigenvalue weighted by Crippen LogP contribution is -2.31. The Morgan fingerprint density at radius 1 is 1.29 bits per heavy atom. The molecule has 0 aliphatic rings. The average Bonchev–Trinajstić information content (AvgIpc) is 2.34. The standard InChI is InChI=1S/C14H21N3/c1-12(2)7-9-17(10-8-15)14-6-4-3-5-13(14)11-16/h3-6,12H,7-10,15H2,1-2H3. The number of para-hydroxylation sites is 1. The molecule has 1 aromatic carbocycles. The van der Waals surface area contributed by atoms with Crippen LogP contribution in [0.25, 0.3) is 0 Å². The van der Waals surface area contributed by atoms with Crippen molar-refractivity contribution in [3.8, 4) is 6.07 Å². The summed E-state index contributed by atoms with van der Waals surface area (Å²) in [5.41, 5.74) is 7.37. The molecule has 0 aliphatic carbocycles. The molecule has 0 heterocycles. The fourth-order valence-electron chi connectivity index (χ4n) is 1.77. The average molecular weight is 231 g/mol. The summed E-state index contributed by atoms with van der Waals surface area (Å²) >= 11 is 0. The van der Waals surface area contributed by atoms with E-state index in [1.807, 2.05) is 24.3 Å². The van der Waals surface area contributed by atoms with Gasteiger partial charge in [-0.1, -0.05) is 26.0 Å². The maximum absolute atomic E-state index is 9.11. The van der Waals surface area contributed by atoms with Crippen LogP contribution in [0.15, 0.2) is 24.3 Å². The lowest BCUT2D eigenvalue weighted by Gasteiger charge is -2.26. The highest BCUT2D eigenvalue weighted by Gasteiger charge is 2.10. The Bertz CT molecular complexity index is 379. The van der Waals surface area contributed by atoms with Gasteiger partial charge in [-0.25, -0.2) is 0 Å². The molecule has 92 valence electrons. The summed E-state index contributed by atoms with van der Waals surface area (Å²) in [5, 5.41) is 9.11.